The van der Waals surface area contributed by atoms with Gasteiger partial charge in [-0.15, -0.1) is 0 Å². The quantitative estimate of drug-likeness (QED) is 0.772. The third-order valence-corrected chi connectivity index (χ3v) is 5.76. The third-order valence-electron chi connectivity index (χ3n) is 5.76. The first-order valence-electron chi connectivity index (χ1n) is 10.1. The Kier molecular flexibility index (Phi) is 5.44. The van der Waals surface area contributed by atoms with E-state index >= 15 is 0 Å². The molecule has 0 radical (unpaired) electrons. The molecular formula is C23H25N3O4. The zero-order valence-corrected chi connectivity index (χ0v) is 17.0. The van der Waals surface area contributed by atoms with Crippen LogP contribution in [0.25, 0.3) is 0 Å². The van der Waals surface area contributed by atoms with E-state index in [1.54, 1.807) is 12.0 Å². The molecule has 0 aromatic heterocycles. The van der Waals surface area contributed by atoms with Crippen LogP contribution in [-0.2, 0) is 22.6 Å². The van der Waals surface area contributed by atoms with Gasteiger partial charge in [0, 0.05) is 6.54 Å². The number of ether oxygens (including phenoxy) is 1. The Hall–Kier alpha value is -3.35. The minimum absolute atomic E-state index is 0.0640. The number of hydrogen-bond acceptors (Lipinski definition) is 4. The van der Waals surface area contributed by atoms with Crippen LogP contribution in [0.4, 0.5) is 4.79 Å². The summed E-state index contributed by atoms with van der Waals surface area (Å²) in [6.07, 6.45) is 1.42. The molecule has 0 unspecified atom stereocenters. The average Bonchev–Trinajstić information content (AvgIpc) is 2.98. The first-order chi connectivity index (χ1) is 14.5. The van der Waals surface area contributed by atoms with E-state index < -0.39 is 11.6 Å². The Labute approximate surface area is 175 Å². The van der Waals surface area contributed by atoms with Crippen molar-refractivity contribution in [3.8, 4) is 5.75 Å². The number of carbonyl (C=O) groups is 3. The monoisotopic (exact) mass is 407 g/mol. The third kappa shape index (κ3) is 3.87. The van der Waals surface area contributed by atoms with Crippen molar-refractivity contribution in [3.63, 3.8) is 0 Å². The molecule has 2 aromatic rings. The zero-order valence-electron chi connectivity index (χ0n) is 17.0. The highest BCUT2D eigenvalue weighted by Gasteiger charge is 2.53. The first kappa shape index (κ1) is 19.9. The molecule has 1 N–H and O–H groups in total. The van der Waals surface area contributed by atoms with E-state index in [-0.39, 0.29) is 31.3 Å². The van der Waals surface area contributed by atoms with Crippen LogP contribution in [-0.4, -0.2) is 53.4 Å². The van der Waals surface area contributed by atoms with Crippen molar-refractivity contribution in [3.05, 3.63) is 65.7 Å². The highest BCUT2D eigenvalue weighted by Crippen LogP contribution is 2.30. The second kappa shape index (κ2) is 8.18. The largest absolute Gasteiger partial charge is 0.497 e. The summed E-state index contributed by atoms with van der Waals surface area (Å²) in [5.74, 6) is 0.381. The van der Waals surface area contributed by atoms with Crippen molar-refractivity contribution in [2.75, 3.05) is 20.2 Å². The number of benzene rings is 2. The summed E-state index contributed by atoms with van der Waals surface area (Å²) in [5, 5.41) is 2.88. The minimum atomic E-state index is -1.03. The molecular weight excluding hydrogens is 382 g/mol. The highest BCUT2D eigenvalue weighted by molar-refractivity contribution is 6.07. The molecule has 156 valence electrons. The fraction of sp³-hybridized carbons (Fsp3) is 0.348. The molecule has 7 nitrogen and oxygen atoms in total. The van der Waals surface area contributed by atoms with E-state index in [0.717, 1.165) is 11.1 Å². The molecule has 2 fully saturated rings. The summed E-state index contributed by atoms with van der Waals surface area (Å²) in [6, 6.07) is 16.4. The van der Waals surface area contributed by atoms with Gasteiger partial charge in [-0.2, -0.15) is 0 Å². The van der Waals surface area contributed by atoms with E-state index in [1.165, 1.54) is 4.90 Å². The summed E-state index contributed by atoms with van der Waals surface area (Å²) in [4.78, 5) is 41.6. The van der Waals surface area contributed by atoms with Gasteiger partial charge in [0.05, 0.1) is 26.6 Å². The molecule has 2 saturated heterocycles. The predicted molar refractivity (Wildman–Crippen MR) is 111 cm³/mol. The molecule has 0 saturated carbocycles. The molecule has 2 heterocycles. The predicted octanol–water partition coefficient (Wildman–Crippen LogP) is 2.35. The molecule has 2 aromatic carbocycles. The summed E-state index contributed by atoms with van der Waals surface area (Å²) < 4.78 is 5.22. The fourth-order valence-electron chi connectivity index (χ4n) is 4.20. The van der Waals surface area contributed by atoms with Crippen LogP contribution in [0.5, 0.6) is 5.75 Å². The number of methoxy groups -OCH3 is 1. The standard InChI is InChI=1S/C23H25N3O4/c1-30-19-10-5-9-18(13-19)14-20(27)25-12-6-11-23(16-25)21(28)26(22(29)24-23)15-17-7-3-2-4-8-17/h2-5,7-10,13H,6,11-12,14-16H2,1H3,(H,24,29)/t23-/m0/s1. The fourth-order valence-corrected chi connectivity index (χ4v) is 4.20. The number of imide groups is 1. The molecule has 30 heavy (non-hydrogen) atoms. The lowest BCUT2D eigenvalue weighted by molar-refractivity contribution is -0.138. The maximum atomic E-state index is 13.2. The van der Waals surface area contributed by atoms with E-state index in [9.17, 15) is 14.4 Å². The first-order valence-corrected chi connectivity index (χ1v) is 10.1. The molecule has 4 amide bonds. The van der Waals surface area contributed by atoms with Crippen molar-refractivity contribution in [2.24, 2.45) is 0 Å². The Morgan fingerprint density at radius 1 is 1.10 bits per heavy atom. The summed E-state index contributed by atoms with van der Waals surface area (Å²) in [7, 11) is 1.59. The van der Waals surface area contributed by atoms with Crippen molar-refractivity contribution < 1.29 is 19.1 Å². The van der Waals surface area contributed by atoms with E-state index in [4.69, 9.17) is 4.74 Å². The van der Waals surface area contributed by atoms with Crippen LogP contribution in [0.3, 0.4) is 0 Å². The van der Waals surface area contributed by atoms with Gasteiger partial charge in [0.1, 0.15) is 11.3 Å². The topological polar surface area (TPSA) is 79.0 Å². The van der Waals surface area contributed by atoms with E-state index in [0.29, 0.717) is 25.1 Å². The number of amides is 4. The average molecular weight is 407 g/mol. The maximum Gasteiger partial charge on any atom is 0.325 e. The van der Waals surface area contributed by atoms with Crippen molar-refractivity contribution in [1.29, 1.82) is 0 Å². The number of urea groups is 1. The van der Waals surface area contributed by atoms with Crippen molar-refractivity contribution in [2.45, 2.75) is 31.3 Å². The normalized spacial score (nSPS) is 21.1. The second-order valence-electron chi connectivity index (χ2n) is 7.84. The zero-order chi connectivity index (χ0) is 21.1. The van der Waals surface area contributed by atoms with Crippen LogP contribution in [0.2, 0.25) is 0 Å². The molecule has 1 atom stereocenters. The smallest absolute Gasteiger partial charge is 0.325 e. The Morgan fingerprint density at radius 3 is 2.63 bits per heavy atom. The van der Waals surface area contributed by atoms with Crippen molar-refractivity contribution >= 4 is 17.8 Å². The van der Waals surface area contributed by atoms with Gasteiger partial charge in [0.25, 0.3) is 5.91 Å². The molecule has 2 aliphatic rings. The molecule has 7 heteroatoms. The number of nitrogens with one attached hydrogen (secondary N) is 1. The van der Waals surface area contributed by atoms with Gasteiger partial charge in [0.15, 0.2) is 0 Å². The van der Waals surface area contributed by atoms with Gasteiger partial charge in [-0.25, -0.2) is 4.79 Å². The maximum absolute atomic E-state index is 13.2. The second-order valence-corrected chi connectivity index (χ2v) is 7.84. The summed E-state index contributed by atoms with van der Waals surface area (Å²) >= 11 is 0. The molecule has 2 aliphatic heterocycles. The lowest BCUT2D eigenvalue weighted by Crippen LogP contribution is -2.59. The Morgan fingerprint density at radius 2 is 1.87 bits per heavy atom. The summed E-state index contributed by atoms with van der Waals surface area (Å²) in [5.41, 5.74) is 0.708. The number of hydrogen-bond donors (Lipinski definition) is 1. The van der Waals surface area contributed by atoms with Gasteiger partial charge < -0.3 is 15.0 Å². The van der Waals surface area contributed by atoms with Gasteiger partial charge in [-0.05, 0) is 36.1 Å². The number of likely N-dealkylation sites (tertiary alicyclic amines) is 1. The van der Waals surface area contributed by atoms with Crippen LogP contribution >= 0.6 is 0 Å². The van der Waals surface area contributed by atoms with Gasteiger partial charge in [0.2, 0.25) is 5.91 Å². The number of carbonyl (C=O) groups excluding carboxylic acids is 3. The van der Waals surface area contributed by atoms with E-state index in [1.807, 2.05) is 54.6 Å². The van der Waals surface area contributed by atoms with Gasteiger partial charge >= 0.3 is 6.03 Å². The van der Waals surface area contributed by atoms with Crippen LogP contribution in [0.15, 0.2) is 54.6 Å². The van der Waals surface area contributed by atoms with Crippen LogP contribution in [0, 0.1) is 0 Å². The molecule has 4 rings (SSSR count). The Bertz CT molecular complexity index is 962. The van der Waals surface area contributed by atoms with Crippen LogP contribution in [0.1, 0.15) is 24.0 Å². The number of rotatable bonds is 5. The Balaban J connectivity index is 1.46. The lowest BCUT2D eigenvalue weighted by atomic mass is 9.88. The van der Waals surface area contributed by atoms with Gasteiger partial charge in [-0.1, -0.05) is 42.5 Å². The SMILES string of the molecule is COc1cccc(CC(=O)N2CCC[C@@]3(C2)NC(=O)N(Cc2ccccc2)C3=O)c1. The van der Waals surface area contributed by atoms with Crippen molar-refractivity contribution in [1.82, 2.24) is 15.1 Å². The summed E-state index contributed by atoms with van der Waals surface area (Å²) in [6.45, 7) is 1.00. The minimum Gasteiger partial charge on any atom is -0.497 e. The lowest BCUT2D eigenvalue weighted by Gasteiger charge is -2.38. The number of nitrogens with zero attached hydrogens (tertiary/aromatic N) is 2. The molecule has 1 spiro atoms. The molecule has 0 bridgehead atoms. The highest BCUT2D eigenvalue weighted by atomic mass is 16.5. The number of piperidine rings is 1. The van der Waals surface area contributed by atoms with E-state index in [2.05, 4.69) is 5.32 Å². The van der Waals surface area contributed by atoms with Crippen LogP contribution < -0.4 is 10.1 Å². The molecule has 0 aliphatic carbocycles. The van der Waals surface area contributed by atoms with Gasteiger partial charge in [-0.3, -0.25) is 14.5 Å².